The quantitative estimate of drug-likeness (QED) is 0.847. The highest BCUT2D eigenvalue weighted by Crippen LogP contribution is 2.21. The number of rotatable bonds is 4. The van der Waals surface area contributed by atoms with Crippen LogP contribution in [0.25, 0.3) is 10.9 Å². The van der Waals surface area contributed by atoms with Crippen molar-refractivity contribution < 1.29 is 0 Å². The predicted octanol–water partition coefficient (Wildman–Crippen LogP) is 2.81. The minimum absolute atomic E-state index is 0.315. The lowest BCUT2D eigenvalue weighted by molar-refractivity contribution is 0.688. The molecule has 1 unspecified atom stereocenters. The second-order valence-corrected chi connectivity index (χ2v) is 4.28. The van der Waals surface area contributed by atoms with Crippen LogP contribution >= 0.6 is 0 Å². The molecule has 0 aliphatic rings. The Balaban J connectivity index is 2.38. The first-order valence-electron chi connectivity index (χ1n) is 5.99. The molecule has 17 heavy (non-hydrogen) atoms. The second kappa shape index (κ2) is 4.99. The van der Waals surface area contributed by atoms with E-state index in [1.807, 2.05) is 24.3 Å². The maximum absolute atomic E-state index is 5.71. The van der Waals surface area contributed by atoms with E-state index in [0.29, 0.717) is 12.0 Å². The van der Waals surface area contributed by atoms with Gasteiger partial charge in [-0.1, -0.05) is 25.5 Å². The Hall–Kier alpha value is -1.84. The molecule has 2 rings (SSSR count). The number of anilines is 2. The highest BCUT2D eigenvalue weighted by atomic mass is 15.1. The fourth-order valence-electron chi connectivity index (χ4n) is 1.94. The van der Waals surface area contributed by atoms with Gasteiger partial charge < -0.3 is 11.1 Å². The van der Waals surface area contributed by atoms with Crippen LogP contribution in [0.5, 0.6) is 0 Å². The van der Waals surface area contributed by atoms with Gasteiger partial charge in [-0.3, -0.25) is 0 Å². The van der Waals surface area contributed by atoms with Gasteiger partial charge in [0.05, 0.1) is 5.52 Å². The molecule has 3 N–H and O–H groups in total. The third kappa shape index (κ3) is 2.64. The molecule has 0 aliphatic heterocycles. The van der Waals surface area contributed by atoms with Crippen molar-refractivity contribution in [2.24, 2.45) is 0 Å². The highest BCUT2D eigenvalue weighted by molar-refractivity contribution is 5.89. The largest absolute Gasteiger partial charge is 0.368 e. The summed E-state index contributed by atoms with van der Waals surface area (Å²) in [7, 11) is 0. The zero-order chi connectivity index (χ0) is 12.3. The van der Waals surface area contributed by atoms with Crippen LogP contribution in [0.1, 0.15) is 26.7 Å². The Morgan fingerprint density at radius 2 is 2.06 bits per heavy atom. The summed E-state index contributed by atoms with van der Waals surface area (Å²) in [4.78, 5) is 8.50. The Morgan fingerprint density at radius 3 is 2.82 bits per heavy atom. The van der Waals surface area contributed by atoms with Gasteiger partial charge >= 0.3 is 0 Å². The molecule has 1 heterocycles. The van der Waals surface area contributed by atoms with E-state index in [9.17, 15) is 0 Å². The predicted molar refractivity (Wildman–Crippen MR) is 71.9 cm³/mol. The van der Waals surface area contributed by atoms with Crippen LogP contribution in [-0.2, 0) is 0 Å². The lowest BCUT2D eigenvalue weighted by atomic mass is 10.2. The Bertz CT molecular complexity index is 510. The van der Waals surface area contributed by atoms with Crippen LogP contribution < -0.4 is 11.1 Å². The van der Waals surface area contributed by atoms with Crippen LogP contribution in [0, 0.1) is 0 Å². The molecular weight excluding hydrogens is 212 g/mol. The van der Waals surface area contributed by atoms with Crippen molar-refractivity contribution >= 4 is 22.7 Å². The average molecular weight is 230 g/mol. The van der Waals surface area contributed by atoms with Crippen molar-refractivity contribution in [3.63, 3.8) is 0 Å². The van der Waals surface area contributed by atoms with Crippen LogP contribution in [0.3, 0.4) is 0 Å². The van der Waals surface area contributed by atoms with Crippen LogP contribution in [-0.4, -0.2) is 16.0 Å². The van der Waals surface area contributed by atoms with Crippen molar-refractivity contribution in [2.75, 3.05) is 11.1 Å². The Kier molecular flexibility index (Phi) is 3.42. The van der Waals surface area contributed by atoms with Crippen LogP contribution in [0.15, 0.2) is 24.3 Å². The Labute approximate surface area is 101 Å². The van der Waals surface area contributed by atoms with Crippen molar-refractivity contribution in [3.8, 4) is 0 Å². The average Bonchev–Trinajstić information content (AvgIpc) is 2.29. The Morgan fingerprint density at radius 1 is 1.29 bits per heavy atom. The lowest BCUT2D eigenvalue weighted by Crippen LogP contribution is -2.16. The van der Waals surface area contributed by atoms with Gasteiger partial charge in [-0.25, -0.2) is 4.98 Å². The molecule has 4 nitrogen and oxygen atoms in total. The number of aromatic nitrogens is 2. The minimum atomic E-state index is 0.315. The third-order valence-corrected chi connectivity index (χ3v) is 2.73. The molecule has 1 aromatic carbocycles. The van der Waals surface area contributed by atoms with E-state index in [2.05, 4.69) is 29.1 Å². The first kappa shape index (κ1) is 11.6. The van der Waals surface area contributed by atoms with E-state index < -0.39 is 0 Å². The normalized spacial score (nSPS) is 12.6. The molecule has 1 aromatic heterocycles. The molecule has 0 aliphatic carbocycles. The molecule has 2 aromatic rings. The number of fused-ring (bicyclic) bond motifs is 1. The molecule has 0 saturated carbocycles. The monoisotopic (exact) mass is 230 g/mol. The van der Waals surface area contributed by atoms with Crippen molar-refractivity contribution in [1.82, 2.24) is 9.97 Å². The topological polar surface area (TPSA) is 63.8 Å². The first-order valence-corrected chi connectivity index (χ1v) is 5.99. The summed E-state index contributed by atoms with van der Waals surface area (Å²) in [5, 5.41) is 4.41. The molecule has 0 bridgehead atoms. The van der Waals surface area contributed by atoms with Crippen LogP contribution in [0.4, 0.5) is 11.8 Å². The maximum atomic E-state index is 5.71. The van der Waals surface area contributed by atoms with Gasteiger partial charge in [-0.15, -0.1) is 0 Å². The molecule has 4 heteroatoms. The molecule has 90 valence electrons. The zero-order valence-electron chi connectivity index (χ0n) is 10.3. The van der Waals surface area contributed by atoms with Gasteiger partial charge in [-0.2, -0.15) is 4.98 Å². The van der Waals surface area contributed by atoms with E-state index in [0.717, 1.165) is 29.6 Å². The number of hydrogen-bond acceptors (Lipinski definition) is 4. The fourth-order valence-corrected chi connectivity index (χ4v) is 1.94. The van der Waals surface area contributed by atoms with E-state index in [1.165, 1.54) is 0 Å². The summed E-state index contributed by atoms with van der Waals surface area (Å²) < 4.78 is 0. The third-order valence-electron chi connectivity index (χ3n) is 2.73. The number of nitrogens with zero attached hydrogens (tertiary/aromatic N) is 2. The number of nitrogens with one attached hydrogen (secondary N) is 1. The lowest BCUT2D eigenvalue weighted by Gasteiger charge is -2.15. The van der Waals surface area contributed by atoms with Gasteiger partial charge in [0.15, 0.2) is 0 Å². The fraction of sp³-hybridized carbons (Fsp3) is 0.385. The zero-order valence-corrected chi connectivity index (χ0v) is 10.3. The number of nitrogens with two attached hydrogens (primary N) is 1. The molecular formula is C13H18N4. The minimum Gasteiger partial charge on any atom is -0.368 e. The molecule has 0 amide bonds. The SMILES string of the molecule is CCCC(C)Nc1nc(N)nc2ccccc12. The molecule has 0 spiro atoms. The van der Waals surface area contributed by atoms with Crippen molar-refractivity contribution in [1.29, 1.82) is 0 Å². The summed E-state index contributed by atoms with van der Waals surface area (Å²) in [6.07, 6.45) is 2.25. The van der Waals surface area contributed by atoms with E-state index >= 15 is 0 Å². The summed E-state index contributed by atoms with van der Waals surface area (Å²) in [6.45, 7) is 4.32. The number of nitrogen functional groups attached to an aromatic ring is 1. The van der Waals surface area contributed by atoms with E-state index in [1.54, 1.807) is 0 Å². The highest BCUT2D eigenvalue weighted by Gasteiger charge is 2.08. The van der Waals surface area contributed by atoms with Crippen LogP contribution in [0.2, 0.25) is 0 Å². The van der Waals surface area contributed by atoms with E-state index in [-0.39, 0.29) is 0 Å². The number of benzene rings is 1. The summed E-state index contributed by atoms with van der Waals surface area (Å²) in [6, 6.07) is 8.28. The maximum Gasteiger partial charge on any atom is 0.222 e. The first-order chi connectivity index (χ1) is 8.20. The van der Waals surface area contributed by atoms with Gasteiger partial charge in [0.25, 0.3) is 0 Å². The molecule has 0 saturated heterocycles. The smallest absolute Gasteiger partial charge is 0.222 e. The van der Waals surface area contributed by atoms with Crippen molar-refractivity contribution in [3.05, 3.63) is 24.3 Å². The van der Waals surface area contributed by atoms with Crippen molar-refractivity contribution in [2.45, 2.75) is 32.7 Å². The van der Waals surface area contributed by atoms with Gasteiger partial charge in [0.2, 0.25) is 5.95 Å². The second-order valence-electron chi connectivity index (χ2n) is 4.28. The van der Waals surface area contributed by atoms with E-state index in [4.69, 9.17) is 5.73 Å². The van der Waals surface area contributed by atoms with Gasteiger partial charge in [-0.05, 0) is 25.5 Å². The van der Waals surface area contributed by atoms with Gasteiger partial charge in [0.1, 0.15) is 5.82 Å². The standard InChI is InChI=1S/C13H18N4/c1-3-6-9(2)15-12-10-7-4-5-8-11(10)16-13(14)17-12/h4-5,7-9H,3,6H2,1-2H3,(H3,14,15,16,17). The van der Waals surface area contributed by atoms with Gasteiger partial charge in [0, 0.05) is 11.4 Å². The summed E-state index contributed by atoms with van der Waals surface area (Å²) in [5.74, 6) is 1.14. The molecule has 0 fully saturated rings. The molecule has 1 atom stereocenters. The molecule has 0 radical (unpaired) electrons. The number of para-hydroxylation sites is 1. The number of hydrogen-bond donors (Lipinski definition) is 2. The summed E-state index contributed by atoms with van der Waals surface area (Å²) >= 11 is 0. The summed E-state index contributed by atoms with van der Waals surface area (Å²) in [5.41, 5.74) is 6.59.